The molecule has 0 aliphatic carbocycles. The molecule has 7 heteroatoms. The summed E-state index contributed by atoms with van der Waals surface area (Å²) in [5, 5.41) is 15.5. The van der Waals surface area contributed by atoms with E-state index in [0.717, 1.165) is 18.5 Å². The Kier molecular flexibility index (Phi) is 7.42. The number of benzene rings is 2. The summed E-state index contributed by atoms with van der Waals surface area (Å²) in [6.07, 6.45) is 3.09. The number of hydrogen-bond donors (Lipinski definition) is 1. The van der Waals surface area contributed by atoms with Gasteiger partial charge < -0.3 is 9.47 Å². The molecule has 138 valence electrons. The van der Waals surface area contributed by atoms with E-state index in [0.29, 0.717) is 24.5 Å². The van der Waals surface area contributed by atoms with Crippen LogP contribution in [0, 0.1) is 10.1 Å². The van der Waals surface area contributed by atoms with Crippen LogP contribution in [0.2, 0.25) is 0 Å². The van der Waals surface area contributed by atoms with Gasteiger partial charge in [0.2, 0.25) is 5.75 Å². The van der Waals surface area contributed by atoms with Gasteiger partial charge in [0.05, 0.1) is 30.0 Å². The molecule has 0 spiro atoms. The zero-order chi connectivity index (χ0) is 18.8. The van der Waals surface area contributed by atoms with E-state index < -0.39 is 4.92 Å². The van der Waals surface area contributed by atoms with Crippen LogP contribution in [-0.4, -0.2) is 24.4 Å². The Bertz CT molecular complexity index is 748. The molecule has 0 bridgehead atoms. The highest BCUT2D eigenvalue weighted by atomic mass is 16.6. The Morgan fingerprint density at radius 3 is 2.35 bits per heavy atom. The number of anilines is 1. The quantitative estimate of drug-likeness (QED) is 0.381. The molecule has 7 nitrogen and oxygen atoms in total. The van der Waals surface area contributed by atoms with Crippen LogP contribution < -0.4 is 14.9 Å². The second-order valence-electron chi connectivity index (χ2n) is 5.55. The van der Waals surface area contributed by atoms with Crippen LogP contribution in [0.15, 0.2) is 47.6 Å². The lowest BCUT2D eigenvalue weighted by Gasteiger charge is -2.12. The molecule has 0 aliphatic rings. The number of hydrazone groups is 1. The molecule has 0 fully saturated rings. The largest absolute Gasteiger partial charge is 0.493 e. The van der Waals surface area contributed by atoms with E-state index in [1.54, 1.807) is 6.07 Å². The van der Waals surface area contributed by atoms with E-state index in [4.69, 9.17) is 9.47 Å². The van der Waals surface area contributed by atoms with Crippen molar-refractivity contribution in [3.63, 3.8) is 0 Å². The molecule has 1 N–H and O–H groups in total. The van der Waals surface area contributed by atoms with Crippen molar-refractivity contribution < 1.29 is 14.4 Å². The smallest absolute Gasteiger partial charge is 0.311 e. The molecule has 0 amide bonds. The molecule has 0 aliphatic heterocycles. The molecular weight excluding hydrogens is 334 g/mol. The summed E-state index contributed by atoms with van der Waals surface area (Å²) in [4.78, 5) is 10.9. The summed E-state index contributed by atoms with van der Waals surface area (Å²) in [6, 6.07) is 12.4. The fourth-order valence-electron chi connectivity index (χ4n) is 2.16. The number of nitro benzene ring substituents is 1. The van der Waals surface area contributed by atoms with Gasteiger partial charge in [-0.2, -0.15) is 5.10 Å². The number of nitrogens with zero attached hydrogens (tertiary/aromatic N) is 2. The number of rotatable bonds is 10. The standard InChI is InChI=1S/C19H23N3O4/c1-3-10-25-18-13-19(26-11-4-2)17(22(23)24)12-15(18)14-20-21-16-8-6-5-7-9-16/h5-9,12-14,21H,3-4,10-11H2,1-2H3. The van der Waals surface area contributed by atoms with Crippen molar-refractivity contribution in [2.45, 2.75) is 26.7 Å². The first-order chi connectivity index (χ1) is 12.7. The van der Waals surface area contributed by atoms with Crippen molar-refractivity contribution in [3.05, 3.63) is 58.1 Å². The van der Waals surface area contributed by atoms with Gasteiger partial charge in [-0.1, -0.05) is 32.0 Å². The third-order valence-corrected chi connectivity index (χ3v) is 3.38. The maximum absolute atomic E-state index is 11.4. The number of ether oxygens (including phenoxy) is 2. The zero-order valence-corrected chi connectivity index (χ0v) is 15.0. The van der Waals surface area contributed by atoms with Crippen molar-refractivity contribution in [2.75, 3.05) is 18.6 Å². The average Bonchev–Trinajstić information content (AvgIpc) is 2.66. The Morgan fingerprint density at radius 2 is 1.73 bits per heavy atom. The monoisotopic (exact) mass is 357 g/mol. The van der Waals surface area contributed by atoms with Crippen molar-refractivity contribution in [3.8, 4) is 11.5 Å². The summed E-state index contributed by atoms with van der Waals surface area (Å²) in [5.74, 6) is 0.707. The van der Waals surface area contributed by atoms with Crippen molar-refractivity contribution in [1.82, 2.24) is 0 Å². The fraction of sp³-hybridized carbons (Fsp3) is 0.316. The third-order valence-electron chi connectivity index (χ3n) is 3.38. The zero-order valence-electron chi connectivity index (χ0n) is 15.0. The van der Waals surface area contributed by atoms with Gasteiger partial charge in [-0.05, 0) is 25.0 Å². The van der Waals surface area contributed by atoms with Crippen molar-refractivity contribution in [1.29, 1.82) is 0 Å². The SMILES string of the molecule is CCCOc1cc(OCCC)c([N+](=O)[O-])cc1C=NNc1ccccc1. The van der Waals surface area contributed by atoms with Crippen LogP contribution in [-0.2, 0) is 0 Å². The number of hydrogen-bond acceptors (Lipinski definition) is 6. The van der Waals surface area contributed by atoms with Crippen LogP contribution in [0.25, 0.3) is 0 Å². The fourth-order valence-corrected chi connectivity index (χ4v) is 2.16. The Morgan fingerprint density at radius 1 is 1.08 bits per heavy atom. The van der Waals surface area contributed by atoms with Gasteiger partial charge in [0.15, 0.2) is 0 Å². The van der Waals surface area contributed by atoms with Crippen molar-refractivity contribution in [2.24, 2.45) is 5.10 Å². The predicted molar refractivity (Wildman–Crippen MR) is 102 cm³/mol. The summed E-state index contributed by atoms with van der Waals surface area (Å²) >= 11 is 0. The molecule has 2 rings (SSSR count). The van der Waals surface area contributed by atoms with Crippen LogP contribution in [0.4, 0.5) is 11.4 Å². The average molecular weight is 357 g/mol. The molecule has 0 radical (unpaired) electrons. The van der Waals surface area contributed by atoms with Gasteiger partial charge in [-0.25, -0.2) is 0 Å². The summed E-state index contributed by atoms with van der Waals surface area (Å²) in [5.41, 5.74) is 4.11. The lowest BCUT2D eigenvalue weighted by Crippen LogP contribution is -2.04. The molecule has 0 unspecified atom stereocenters. The highest BCUT2D eigenvalue weighted by Crippen LogP contribution is 2.34. The lowest BCUT2D eigenvalue weighted by atomic mass is 10.1. The van der Waals surface area contributed by atoms with E-state index in [9.17, 15) is 10.1 Å². The first-order valence-electron chi connectivity index (χ1n) is 8.57. The van der Waals surface area contributed by atoms with Crippen LogP contribution >= 0.6 is 0 Å². The molecule has 0 aromatic heterocycles. The molecule has 0 saturated carbocycles. The minimum atomic E-state index is -0.462. The summed E-state index contributed by atoms with van der Waals surface area (Å²) in [7, 11) is 0. The first kappa shape index (κ1) is 19.2. The highest BCUT2D eigenvalue weighted by molar-refractivity contribution is 5.86. The number of para-hydroxylation sites is 1. The minimum Gasteiger partial charge on any atom is -0.493 e. The van der Waals surface area contributed by atoms with Crippen LogP contribution in [0.1, 0.15) is 32.3 Å². The Labute approximate surface area is 152 Å². The third kappa shape index (κ3) is 5.47. The van der Waals surface area contributed by atoms with Gasteiger partial charge in [0, 0.05) is 17.7 Å². The number of nitrogens with one attached hydrogen (secondary N) is 1. The summed E-state index contributed by atoms with van der Waals surface area (Å²) < 4.78 is 11.2. The maximum atomic E-state index is 11.4. The second kappa shape index (κ2) is 10.0. The Balaban J connectivity index is 2.31. The molecule has 2 aromatic rings. The van der Waals surface area contributed by atoms with Gasteiger partial charge in [-0.3, -0.25) is 15.5 Å². The van der Waals surface area contributed by atoms with E-state index in [2.05, 4.69) is 10.5 Å². The second-order valence-corrected chi connectivity index (χ2v) is 5.55. The van der Waals surface area contributed by atoms with Crippen LogP contribution in [0.5, 0.6) is 11.5 Å². The van der Waals surface area contributed by atoms with E-state index >= 15 is 0 Å². The molecular formula is C19H23N3O4. The first-order valence-corrected chi connectivity index (χ1v) is 8.57. The predicted octanol–water partition coefficient (Wildman–Crippen LogP) is 4.62. The van der Waals surface area contributed by atoms with Gasteiger partial charge in [-0.15, -0.1) is 0 Å². The molecule has 0 heterocycles. The summed E-state index contributed by atoms with van der Waals surface area (Å²) in [6.45, 7) is 4.83. The van der Waals surface area contributed by atoms with Gasteiger partial charge in [0.25, 0.3) is 0 Å². The maximum Gasteiger partial charge on any atom is 0.311 e. The minimum absolute atomic E-state index is 0.108. The topological polar surface area (TPSA) is 86.0 Å². The normalized spacial score (nSPS) is 10.7. The molecule has 0 atom stereocenters. The van der Waals surface area contributed by atoms with Gasteiger partial charge in [0.1, 0.15) is 5.75 Å². The number of nitro groups is 1. The molecule has 0 saturated heterocycles. The van der Waals surface area contributed by atoms with E-state index in [-0.39, 0.29) is 11.4 Å². The lowest BCUT2D eigenvalue weighted by molar-refractivity contribution is -0.385. The van der Waals surface area contributed by atoms with E-state index in [1.165, 1.54) is 12.3 Å². The van der Waals surface area contributed by atoms with Crippen molar-refractivity contribution >= 4 is 17.6 Å². The van der Waals surface area contributed by atoms with E-state index in [1.807, 2.05) is 44.2 Å². The highest BCUT2D eigenvalue weighted by Gasteiger charge is 2.20. The Hall–Kier alpha value is -3.09. The van der Waals surface area contributed by atoms with Crippen LogP contribution in [0.3, 0.4) is 0 Å². The molecule has 2 aromatic carbocycles. The van der Waals surface area contributed by atoms with Gasteiger partial charge >= 0.3 is 5.69 Å². The molecule has 26 heavy (non-hydrogen) atoms.